The molecule has 0 N–H and O–H groups in total. The van der Waals surface area contributed by atoms with E-state index < -0.39 is 0 Å². The van der Waals surface area contributed by atoms with Gasteiger partial charge in [0.1, 0.15) is 5.82 Å². The summed E-state index contributed by atoms with van der Waals surface area (Å²) in [6.07, 6.45) is 0.449. The van der Waals surface area contributed by atoms with E-state index in [0.717, 1.165) is 22.2 Å². The fourth-order valence-electron chi connectivity index (χ4n) is 2.69. The van der Waals surface area contributed by atoms with Crippen LogP contribution in [0.5, 0.6) is 0 Å². The maximum absolute atomic E-state index is 12.3. The topological polar surface area (TPSA) is 33.2 Å². The quantitative estimate of drug-likeness (QED) is 0.671. The molecule has 1 aliphatic rings. The number of rotatable bonds is 1. The van der Waals surface area contributed by atoms with Crippen LogP contribution < -0.4 is 4.90 Å². The highest BCUT2D eigenvalue weighted by molar-refractivity contribution is 6.07. The summed E-state index contributed by atoms with van der Waals surface area (Å²) < 4.78 is 0. The van der Waals surface area contributed by atoms with Crippen molar-refractivity contribution in [1.82, 2.24) is 4.98 Å². The van der Waals surface area contributed by atoms with E-state index in [4.69, 9.17) is 0 Å². The van der Waals surface area contributed by atoms with Gasteiger partial charge in [-0.05, 0) is 29.8 Å². The van der Waals surface area contributed by atoms with Gasteiger partial charge in [0, 0.05) is 5.39 Å². The van der Waals surface area contributed by atoms with E-state index in [2.05, 4.69) is 4.98 Å². The molecule has 0 saturated heterocycles. The van der Waals surface area contributed by atoms with Gasteiger partial charge in [0.05, 0.1) is 17.6 Å². The number of amides is 1. The molecule has 2 aromatic carbocycles. The smallest absolute Gasteiger partial charge is 0.237 e. The third-order valence-corrected chi connectivity index (χ3v) is 3.64. The van der Waals surface area contributed by atoms with Crippen molar-refractivity contribution in [3.63, 3.8) is 0 Å². The highest BCUT2D eigenvalue weighted by Gasteiger charge is 2.28. The number of fused-ring (bicyclic) bond motifs is 2. The Morgan fingerprint density at radius 2 is 1.70 bits per heavy atom. The monoisotopic (exact) mass is 260 g/mol. The maximum Gasteiger partial charge on any atom is 0.237 e. The van der Waals surface area contributed by atoms with Gasteiger partial charge in [-0.3, -0.25) is 9.69 Å². The van der Waals surface area contributed by atoms with E-state index in [-0.39, 0.29) is 5.91 Å². The molecule has 1 aromatic heterocycles. The molecule has 0 radical (unpaired) electrons. The summed E-state index contributed by atoms with van der Waals surface area (Å²) in [4.78, 5) is 18.6. The number of hydrogen-bond acceptors (Lipinski definition) is 2. The number of para-hydroxylation sites is 2. The summed E-state index contributed by atoms with van der Waals surface area (Å²) in [6.45, 7) is 0. The molecule has 0 saturated carbocycles. The molecule has 96 valence electrons. The van der Waals surface area contributed by atoms with E-state index in [0.29, 0.717) is 12.2 Å². The highest BCUT2D eigenvalue weighted by atomic mass is 16.2. The first-order chi connectivity index (χ1) is 9.83. The van der Waals surface area contributed by atoms with Gasteiger partial charge in [-0.1, -0.05) is 36.4 Å². The van der Waals surface area contributed by atoms with Gasteiger partial charge >= 0.3 is 0 Å². The summed E-state index contributed by atoms with van der Waals surface area (Å²) >= 11 is 0. The molecule has 1 amide bonds. The zero-order valence-corrected chi connectivity index (χ0v) is 10.8. The molecule has 4 rings (SSSR count). The van der Waals surface area contributed by atoms with Crippen molar-refractivity contribution in [2.45, 2.75) is 6.42 Å². The van der Waals surface area contributed by atoms with Crippen molar-refractivity contribution in [2.75, 3.05) is 4.90 Å². The zero-order valence-electron chi connectivity index (χ0n) is 10.8. The number of pyridine rings is 1. The number of hydrogen-bond donors (Lipinski definition) is 0. The first-order valence-electron chi connectivity index (χ1n) is 6.59. The molecule has 20 heavy (non-hydrogen) atoms. The van der Waals surface area contributed by atoms with Crippen LogP contribution in [0.3, 0.4) is 0 Å². The molecule has 0 aliphatic carbocycles. The minimum Gasteiger partial charge on any atom is -0.274 e. The van der Waals surface area contributed by atoms with E-state index in [1.54, 1.807) is 4.90 Å². The summed E-state index contributed by atoms with van der Waals surface area (Å²) in [7, 11) is 0. The fraction of sp³-hybridized carbons (Fsp3) is 0.0588. The van der Waals surface area contributed by atoms with Crippen molar-refractivity contribution >= 4 is 28.3 Å². The molecule has 3 heteroatoms. The number of carbonyl (C=O) groups excluding carboxylic acids is 1. The predicted molar refractivity (Wildman–Crippen MR) is 79.0 cm³/mol. The zero-order chi connectivity index (χ0) is 13.5. The fourth-order valence-corrected chi connectivity index (χ4v) is 2.69. The Kier molecular flexibility index (Phi) is 2.33. The first-order valence-corrected chi connectivity index (χ1v) is 6.59. The third-order valence-electron chi connectivity index (χ3n) is 3.64. The highest BCUT2D eigenvalue weighted by Crippen LogP contribution is 2.34. The summed E-state index contributed by atoms with van der Waals surface area (Å²) in [6, 6.07) is 19.7. The molecule has 1 aliphatic heterocycles. The molecule has 0 unspecified atom stereocenters. The summed E-state index contributed by atoms with van der Waals surface area (Å²) in [5.74, 6) is 0.771. The van der Waals surface area contributed by atoms with E-state index in [1.807, 2.05) is 60.7 Å². The van der Waals surface area contributed by atoms with Crippen molar-refractivity contribution in [1.29, 1.82) is 0 Å². The standard InChI is InChI=1S/C17H12N2O/c20-17-11-13-6-2-4-8-15(13)19(17)16-10-9-12-5-1-3-7-14(12)18-16/h1-10H,11H2. The second kappa shape index (κ2) is 4.17. The average molecular weight is 260 g/mol. The minimum atomic E-state index is 0.0778. The van der Waals surface area contributed by atoms with Crippen molar-refractivity contribution < 1.29 is 4.79 Å². The lowest BCUT2D eigenvalue weighted by molar-refractivity contribution is -0.116. The molecule has 0 atom stereocenters. The lowest BCUT2D eigenvalue weighted by atomic mass is 10.2. The van der Waals surface area contributed by atoms with Crippen LogP contribution in [-0.2, 0) is 11.2 Å². The lowest BCUT2D eigenvalue weighted by Crippen LogP contribution is -2.21. The van der Waals surface area contributed by atoms with Crippen molar-refractivity contribution in [3.8, 4) is 0 Å². The SMILES string of the molecule is O=C1Cc2ccccc2N1c1ccc2ccccc2n1. The lowest BCUT2D eigenvalue weighted by Gasteiger charge is -2.16. The molecule has 0 fully saturated rings. The average Bonchev–Trinajstić information content (AvgIpc) is 2.82. The van der Waals surface area contributed by atoms with E-state index in [9.17, 15) is 4.79 Å². The van der Waals surface area contributed by atoms with Crippen molar-refractivity contribution in [3.05, 3.63) is 66.2 Å². The van der Waals surface area contributed by atoms with Crippen LogP contribution in [0, 0.1) is 0 Å². The van der Waals surface area contributed by atoms with Gasteiger partial charge in [0.25, 0.3) is 0 Å². The van der Waals surface area contributed by atoms with Crippen LogP contribution in [0.2, 0.25) is 0 Å². The molecule has 0 spiro atoms. The minimum absolute atomic E-state index is 0.0778. The van der Waals surface area contributed by atoms with Gasteiger partial charge < -0.3 is 0 Å². The molecular weight excluding hydrogens is 248 g/mol. The van der Waals surface area contributed by atoms with Crippen LogP contribution in [0.4, 0.5) is 11.5 Å². The first kappa shape index (κ1) is 11.2. The predicted octanol–water partition coefficient (Wildman–Crippen LogP) is 3.46. The Hall–Kier alpha value is -2.68. The molecule has 3 aromatic rings. The number of aromatic nitrogens is 1. The Bertz CT molecular complexity index is 826. The third kappa shape index (κ3) is 1.60. The Morgan fingerprint density at radius 1 is 0.900 bits per heavy atom. The van der Waals surface area contributed by atoms with Crippen LogP contribution in [-0.4, -0.2) is 10.9 Å². The van der Waals surface area contributed by atoms with Gasteiger partial charge in [-0.25, -0.2) is 4.98 Å². The van der Waals surface area contributed by atoms with Gasteiger partial charge in [0.2, 0.25) is 5.91 Å². The Morgan fingerprint density at radius 3 is 2.65 bits per heavy atom. The normalized spacial score (nSPS) is 13.8. The number of nitrogens with zero attached hydrogens (tertiary/aromatic N) is 2. The van der Waals surface area contributed by atoms with Crippen LogP contribution in [0.15, 0.2) is 60.7 Å². The number of benzene rings is 2. The number of carbonyl (C=O) groups is 1. The van der Waals surface area contributed by atoms with Crippen LogP contribution in [0.25, 0.3) is 10.9 Å². The van der Waals surface area contributed by atoms with Crippen LogP contribution >= 0.6 is 0 Å². The van der Waals surface area contributed by atoms with E-state index in [1.165, 1.54) is 0 Å². The largest absolute Gasteiger partial charge is 0.274 e. The molecule has 2 heterocycles. The molecule has 0 bridgehead atoms. The van der Waals surface area contributed by atoms with Crippen molar-refractivity contribution in [2.24, 2.45) is 0 Å². The summed E-state index contributed by atoms with van der Waals surface area (Å²) in [5.41, 5.74) is 2.91. The molecule has 3 nitrogen and oxygen atoms in total. The second-order valence-corrected chi connectivity index (χ2v) is 4.90. The van der Waals surface area contributed by atoms with Gasteiger partial charge in [-0.15, -0.1) is 0 Å². The Balaban J connectivity index is 1.89. The number of anilines is 2. The van der Waals surface area contributed by atoms with Crippen LogP contribution in [0.1, 0.15) is 5.56 Å². The van der Waals surface area contributed by atoms with Gasteiger partial charge in [-0.2, -0.15) is 0 Å². The Labute approximate surface area is 116 Å². The van der Waals surface area contributed by atoms with Gasteiger partial charge in [0.15, 0.2) is 0 Å². The maximum atomic E-state index is 12.3. The van der Waals surface area contributed by atoms with E-state index >= 15 is 0 Å². The molecular formula is C17H12N2O. The summed E-state index contributed by atoms with van der Waals surface area (Å²) in [5, 5.41) is 1.08. The second-order valence-electron chi connectivity index (χ2n) is 4.90.